The summed E-state index contributed by atoms with van der Waals surface area (Å²) in [5.74, 6) is 1.00. The van der Waals surface area contributed by atoms with E-state index in [1.807, 2.05) is 6.20 Å². The minimum absolute atomic E-state index is 0.0368. The second-order valence-electron chi connectivity index (χ2n) is 4.29. The van der Waals surface area contributed by atoms with Crippen molar-refractivity contribution < 1.29 is 4.79 Å². The van der Waals surface area contributed by atoms with Crippen LogP contribution in [0.1, 0.15) is 34.0 Å². The zero-order valence-electron chi connectivity index (χ0n) is 9.87. The summed E-state index contributed by atoms with van der Waals surface area (Å²) in [4.78, 5) is 21.3. The number of hydrogen-bond acceptors (Lipinski definition) is 4. The van der Waals surface area contributed by atoms with Gasteiger partial charge in [0.2, 0.25) is 5.78 Å². The van der Waals surface area contributed by atoms with Crippen molar-refractivity contribution in [3.63, 3.8) is 0 Å². The first kappa shape index (κ1) is 11.3. The van der Waals surface area contributed by atoms with Crippen LogP contribution in [0.4, 0.5) is 0 Å². The van der Waals surface area contributed by atoms with Gasteiger partial charge in [-0.2, -0.15) is 0 Å². The lowest BCUT2D eigenvalue weighted by atomic mass is 10.2. The van der Waals surface area contributed by atoms with Crippen LogP contribution in [0.3, 0.4) is 0 Å². The number of aryl methyl sites for hydroxylation is 2. The zero-order chi connectivity index (χ0) is 12.4. The van der Waals surface area contributed by atoms with Crippen molar-refractivity contribution in [1.82, 2.24) is 14.5 Å². The van der Waals surface area contributed by atoms with Gasteiger partial charge in [-0.15, -0.1) is 11.3 Å². The lowest BCUT2D eigenvalue weighted by Crippen LogP contribution is -2.08. The quantitative estimate of drug-likeness (QED) is 0.628. The van der Waals surface area contributed by atoms with E-state index in [0.717, 1.165) is 23.7 Å². The van der Waals surface area contributed by atoms with Gasteiger partial charge in [-0.1, -0.05) is 0 Å². The van der Waals surface area contributed by atoms with E-state index in [9.17, 15) is 4.79 Å². The van der Waals surface area contributed by atoms with Gasteiger partial charge in [0.1, 0.15) is 11.5 Å². The van der Waals surface area contributed by atoms with E-state index in [1.165, 1.54) is 24.2 Å². The number of imidazole rings is 1. The van der Waals surface area contributed by atoms with Crippen LogP contribution in [0.25, 0.3) is 6.08 Å². The summed E-state index contributed by atoms with van der Waals surface area (Å²) in [7, 11) is 0. The maximum absolute atomic E-state index is 12.0. The first-order valence-electron chi connectivity index (χ1n) is 6.00. The molecule has 1 aliphatic rings. The highest BCUT2D eigenvalue weighted by Gasteiger charge is 2.14. The molecule has 3 heterocycles. The summed E-state index contributed by atoms with van der Waals surface area (Å²) in [5.41, 5.74) is 2.30. The molecule has 0 atom stereocenters. The van der Waals surface area contributed by atoms with Crippen molar-refractivity contribution in [3.05, 3.63) is 40.4 Å². The van der Waals surface area contributed by atoms with Crippen LogP contribution in [-0.2, 0) is 13.0 Å². The lowest BCUT2D eigenvalue weighted by molar-refractivity contribution is 0.104. The van der Waals surface area contributed by atoms with Gasteiger partial charge in [0.25, 0.3) is 0 Å². The molecule has 0 radical (unpaired) electrons. The predicted molar refractivity (Wildman–Crippen MR) is 70.6 cm³/mol. The average Bonchev–Trinajstić information content (AvgIpc) is 3.04. The van der Waals surface area contributed by atoms with Gasteiger partial charge in [0.05, 0.1) is 5.51 Å². The SMILES string of the molecule is O=C(/C=C/c1cncs1)c1cn2c(n1)CCCC2. The Morgan fingerprint density at radius 1 is 1.44 bits per heavy atom. The Bertz CT molecular complexity index is 560. The molecule has 2 aromatic rings. The number of carbonyl (C=O) groups is 1. The minimum atomic E-state index is -0.0368. The number of rotatable bonds is 3. The van der Waals surface area contributed by atoms with E-state index in [1.54, 1.807) is 23.9 Å². The van der Waals surface area contributed by atoms with Gasteiger partial charge in [-0.05, 0) is 25.0 Å². The van der Waals surface area contributed by atoms with Crippen LogP contribution in [0.2, 0.25) is 0 Å². The van der Waals surface area contributed by atoms with Crippen molar-refractivity contribution in [2.75, 3.05) is 0 Å². The van der Waals surface area contributed by atoms with Gasteiger partial charge in [0, 0.05) is 30.2 Å². The summed E-state index contributed by atoms with van der Waals surface area (Å²) in [6.45, 7) is 0.980. The highest BCUT2D eigenvalue weighted by atomic mass is 32.1. The maximum atomic E-state index is 12.0. The molecule has 0 saturated heterocycles. The normalized spacial score (nSPS) is 14.9. The third-order valence-electron chi connectivity index (χ3n) is 3.01. The minimum Gasteiger partial charge on any atom is -0.334 e. The molecule has 0 aromatic carbocycles. The monoisotopic (exact) mass is 259 g/mol. The molecule has 0 bridgehead atoms. The van der Waals surface area contributed by atoms with E-state index in [0.29, 0.717) is 5.69 Å². The van der Waals surface area contributed by atoms with Crippen molar-refractivity contribution >= 4 is 23.2 Å². The number of aromatic nitrogens is 3. The molecule has 0 aliphatic carbocycles. The number of allylic oxidation sites excluding steroid dienone is 1. The van der Waals surface area contributed by atoms with Gasteiger partial charge in [0.15, 0.2) is 0 Å². The smallest absolute Gasteiger partial charge is 0.205 e. The zero-order valence-corrected chi connectivity index (χ0v) is 10.7. The van der Waals surface area contributed by atoms with Crippen LogP contribution >= 0.6 is 11.3 Å². The van der Waals surface area contributed by atoms with Crippen LogP contribution in [0, 0.1) is 0 Å². The molecule has 0 unspecified atom stereocenters. The summed E-state index contributed by atoms with van der Waals surface area (Å²) in [5, 5.41) is 0. The molecule has 1 aliphatic heterocycles. The molecule has 5 heteroatoms. The molecular weight excluding hydrogens is 246 g/mol. The Hall–Kier alpha value is -1.75. The van der Waals surface area contributed by atoms with Crippen molar-refractivity contribution in [2.45, 2.75) is 25.8 Å². The Morgan fingerprint density at radius 3 is 3.17 bits per heavy atom. The van der Waals surface area contributed by atoms with E-state index in [-0.39, 0.29) is 5.78 Å². The molecule has 0 spiro atoms. The summed E-state index contributed by atoms with van der Waals surface area (Å²) in [6, 6.07) is 0. The molecule has 0 saturated carbocycles. The molecule has 0 N–H and O–H groups in total. The van der Waals surface area contributed by atoms with Crippen molar-refractivity contribution in [1.29, 1.82) is 0 Å². The first-order valence-corrected chi connectivity index (χ1v) is 6.88. The number of carbonyl (C=O) groups excluding carboxylic acids is 1. The number of thiazole rings is 1. The van der Waals surface area contributed by atoms with Crippen LogP contribution in [-0.4, -0.2) is 20.3 Å². The first-order chi connectivity index (χ1) is 8.83. The van der Waals surface area contributed by atoms with Crippen LogP contribution < -0.4 is 0 Å². The lowest BCUT2D eigenvalue weighted by Gasteiger charge is -2.11. The van der Waals surface area contributed by atoms with Crippen molar-refractivity contribution in [3.8, 4) is 0 Å². The molecule has 92 valence electrons. The highest BCUT2D eigenvalue weighted by molar-refractivity contribution is 7.10. The molecule has 4 nitrogen and oxygen atoms in total. The molecule has 18 heavy (non-hydrogen) atoms. The number of ketones is 1. The standard InChI is InChI=1S/C13H13N3OS/c17-12(5-4-10-7-14-9-18-10)11-8-16-6-2-1-3-13(16)15-11/h4-5,7-9H,1-3,6H2/b5-4+. The highest BCUT2D eigenvalue weighted by Crippen LogP contribution is 2.15. The Kier molecular flexibility index (Phi) is 3.06. The van der Waals surface area contributed by atoms with Crippen molar-refractivity contribution in [2.24, 2.45) is 0 Å². The topological polar surface area (TPSA) is 47.8 Å². The molecular formula is C13H13N3OS. The Labute approximate surface area is 109 Å². The third-order valence-corrected chi connectivity index (χ3v) is 3.75. The summed E-state index contributed by atoms with van der Waals surface area (Å²) in [6.07, 6.45) is 10.3. The molecule has 3 rings (SSSR count). The van der Waals surface area contributed by atoms with E-state index in [2.05, 4.69) is 14.5 Å². The van der Waals surface area contributed by atoms with E-state index < -0.39 is 0 Å². The second kappa shape index (κ2) is 4.86. The second-order valence-corrected chi connectivity index (χ2v) is 5.21. The maximum Gasteiger partial charge on any atom is 0.205 e. The van der Waals surface area contributed by atoms with Gasteiger partial charge in [-0.3, -0.25) is 9.78 Å². The fraction of sp³-hybridized carbons (Fsp3) is 0.308. The Morgan fingerprint density at radius 2 is 2.39 bits per heavy atom. The summed E-state index contributed by atoms with van der Waals surface area (Å²) < 4.78 is 2.09. The van der Waals surface area contributed by atoms with Gasteiger partial charge >= 0.3 is 0 Å². The molecule has 0 fully saturated rings. The number of hydrogen-bond donors (Lipinski definition) is 0. The van der Waals surface area contributed by atoms with Gasteiger partial charge < -0.3 is 4.57 Å². The van der Waals surface area contributed by atoms with Crippen LogP contribution in [0.15, 0.2) is 24.0 Å². The van der Waals surface area contributed by atoms with Crippen LogP contribution in [0.5, 0.6) is 0 Å². The van der Waals surface area contributed by atoms with E-state index >= 15 is 0 Å². The molecule has 2 aromatic heterocycles. The largest absolute Gasteiger partial charge is 0.334 e. The fourth-order valence-corrected chi connectivity index (χ4v) is 2.59. The van der Waals surface area contributed by atoms with E-state index in [4.69, 9.17) is 0 Å². The molecule has 0 amide bonds. The fourth-order valence-electron chi connectivity index (χ4n) is 2.08. The Balaban J connectivity index is 1.78. The predicted octanol–water partition coefficient (Wildman–Crippen LogP) is 2.57. The summed E-state index contributed by atoms with van der Waals surface area (Å²) >= 11 is 1.51. The number of nitrogens with zero attached hydrogens (tertiary/aromatic N) is 3. The number of fused-ring (bicyclic) bond motifs is 1. The van der Waals surface area contributed by atoms with Gasteiger partial charge in [-0.25, -0.2) is 4.98 Å². The third kappa shape index (κ3) is 2.26. The average molecular weight is 259 g/mol.